The van der Waals surface area contributed by atoms with Crippen LogP contribution in [0.5, 0.6) is 0 Å². The van der Waals surface area contributed by atoms with Crippen molar-refractivity contribution >= 4 is 54.3 Å². The van der Waals surface area contributed by atoms with Gasteiger partial charge in [-0.15, -0.1) is 24.0 Å². The van der Waals surface area contributed by atoms with Gasteiger partial charge in [0.15, 0.2) is 0 Å². The van der Waals surface area contributed by atoms with E-state index < -0.39 is 11.2 Å². The van der Waals surface area contributed by atoms with E-state index >= 15 is 0 Å². The molecule has 0 aromatic rings. The summed E-state index contributed by atoms with van der Waals surface area (Å²) in [5.74, 6) is 0. The van der Waals surface area contributed by atoms with E-state index in [1.165, 1.54) is 6.38 Å². The summed E-state index contributed by atoms with van der Waals surface area (Å²) < 4.78 is 0. The Morgan fingerprint density at radius 3 is 0.917 bits per heavy atom. The summed E-state index contributed by atoms with van der Waals surface area (Å²) in [6.07, 6.45) is 1.47. The van der Waals surface area contributed by atoms with Gasteiger partial charge >= 0.3 is 41.5 Å². The minimum absolute atomic E-state index is 0. The van der Waals surface area contributed by atoms with E-state index in [0.717, 1.165) is 7.11 Å². The first-order valence-electron chi connectivity index (χ1n) is 1.23. The first-order valence-corrected chi connectivity index (χ1v) is 6.54. The standard InChI is InChI=1S/CH3Cl.CH4O.2CH4.4ClH.Fe.H2O/c2*1-2;;;;;;;;/h1H3;2H,1H3;2*1H4;4*1H;;1H2/q;;;;;;;;+3;/p-3. The number of alkyl halides is 1. The SMILES string of the molecule is C.C.CCl.CO.Cl.O.[Cl][Fe]([Cl])[Cl]. The summed E-state index contributed by atoms with van der Waals surface area (Å²) in [6, 6.07) is 0. The van der Waals surface area contributed by atoms with Crippen molar-refractivity contribution in [2.24, 2.45) is 0 Å². The molecule has 0 aliphatic rings. The molecule has 0 saturated carbocycles. The summed E-state index contributed by atoms with van der Waals surface area (Å²) in [7, 11) is 15.7. The van der Waals surface area contributed by atoms with Gasteiger partial charge in [0.05, 0.1) is 0 Å². The number of aliphatic hydroxyl groups excluding tert-OH is 1. The molecule has 2 nitrogen and oxygen atoms in total. The molecule has 89 valence electrons. The van der Waals surface area contributed by atoms with Crippen molar-refractivity contribution in [3.63, 3.8) is 0 Å². The number of hydrogen-bond donors (Lipinski definition) is 1. The van der Waals surface area contributed by atoms with Crippen molar-refractivity contribution in [2.75, 3.05) is 13.5 Å². The third-order valence-corrected chi connectivity index (χ3v) is 0. The second-order valence-corrected chi connectivity index (χ2v) is 5.62. The van der Waals surface area contributed by atoms with Crippen LogP contribution in [0, 0.1) is 0 Å². The quantitative estimate of drug-likeness (QED) is 0.537. The van der Waals surface area contributed by atoms with Crippen molar-refractivity contribution in [1.29, 1.82) is 0 Å². The maximum atomic E-state index is 7.00. The second kappa shape index (κ2) is 76.2. The van der Waals surface area contributed by atoms with Gasteiger partial charge in [-0.25, -0.2) is 0 Å². The Kier molecular flexibility index (Phi) is 309. The predicted molar refractivity (Wildman–Crippen MR) is 61.8 cm³/mol. The van der Waals surface area contributed by atoms with Crippen LogP contribution >= 0.6 is 54.3 Å². The Morgan fingerprint density at radius 1 is 0.917 bits per heavy atom. The zero-order valence-corrected chi connectivity index (χ0v) is 10.2. The van der Waals surface area contributed by atoms with Crippen molar-refractivity contribution in [3.8, 4) is 0 Å². The average molecular weight is 331 g/mol. The number of halogens is 5. The molecule has 0 aromatic heterocycles. The molecule has 0 heterocycles. The van der Waals surface area contributed by atoms with E-state index in [1.807, 2.05) is 0 Å². The molecule has 0 spiro atoms. The minimum atomic E-state index is -1.33. The van der Waals surface area contributed by atoms with Gasteiger partial charge in [0, 0.05) is 13.5 Å². The predicted octanol–water partition coefficient (Wildman–Crippen LogP) is 3.40. The molecule has 0 rings (SSSR count). The Hall–Kier alpha value is 1.89. The van der Waals surface area contributed by atoms with Crippen molar-refractivity contribution < 1.29 is 21.7 Å². The van der Waals surface area contributed by atoms with Crippen LogP contribution in [0.1, 0.15) is 14.9 Å². The molecule has 8 heteroatoms. The molecule has 3 N–H and O–H groups in total. The molecule has 0 radical (unpaired) electrons. The monoisotopic (exact) mass is 329 g/mol. The molecule has 0 unspecified atom stereocenters. The fourth-order valence-electron chi connectivity index (χ4n) is 0. The van der Waals surface area contributed by atoms with Gasteiger partial charge in [0.1, 0.15) is 0 Å². The van der Waals surface area contributed by atoms with Crippen LogP contribution in [0.4, 0.5) is 0 Å². The van der Waals surface area contributed by atoms with Crippen LogP contribution in [0.25, 0.3) is 0 Å². The fraction of sp³-hybridized carbons (Fsp3) is 1.00. The molecule has 0 saturated heterocycles. The number of aliphatic hydroxyl groups is 1. The third-order valence-electron chi connectivity index (χ3n) is 0. The van der Waals surface area contributed by atoms with E-state index in [0.29, 0.717) is 0 Å². The summed E-state index contributed by atoms with van der Waals surface area (Å²) in [5.41, 5.74) is 0. The molecule has 0 aliphatic heterocycles. The average Bonchev–Trinajstić information content (AvgIpc) is 1.75. The fourth-order valence-corrected chi connectivity index (χ4v) is 0. The van der Waals surface area contributed by atoms with Crippen LogP contribution in [-0.2, 0) is 11.2 Å². The van der Waals surface area contributed by atoms with Crippen molar-refractivity contribution in [1.82, 2.24) is 0 Å². The van der Waals surface area contributed by atoms with Gasteiger partial charge in [0.2, 0.25) is 0 Å². The Morgan fingerprint density at radius 2 is 0.917 bits per heavy atom. The van der Waals surface area contributed by atoms with Gasteiger partial charge in [-0.05, 0) is 0 Å². The van der Waals surface area contributed by atoms with E-state index in [4.69, 9.17) is 35.4 Å². The van der Waals surface area contributed by atoms with Gasteiger partial charge < -0.3 is 10.6 Å². The van der Waals surface area contributed by atoms with Crippen LogP contribution in [0.3, 0.4) is 0 Å². The van der Waals surface area contributed by atoms with Crippen LogP contribution in [0.2, 0.25) is 0 Å². The van der Waals surface area contributed by atoms with Crippen LogP contribution in [0.15, 0.2) is 0 Å². The maximum absolute atomic E-state index is 7.00. The summed E-state index contributed by atoms with van der Waals surface area (Å²) in [4.78, 5) is 0. The molecule has 12 heavy (non-hydrogen) atoms. The first kappa shape index (κ1) is 48.6. The first-order chi connectivity index (χ1) is 3.73. The molecule has 0 amide bonds. The normalized spacial score (nSPS) is 4.75. The molecule has 0 fully saturated rings. The van der Waals surface area contributed by atoms with Crippen LogP contribution < -0.4 is 0 Å². The summed E-state index contributed by atoms with van der Waals surface area (Å²) in [5, 5.41) is 7.00. The molecule has 0 atom stereocenters. The van der Waals surface area contributed by atoms with Gasteiger partial charge in [-0.3, -0.25) is 0 Å². The van der Waals surface area contributed by atoms with E-state index in [-0.39, 0.29) is 32.7 Å². The van der Waals surface area contributed by atoms with E-state index in [9.17, 15) is 0 Å². The zero-order valence-electron chi connectivity index (χ0n) is 5.22. The van der Waals surface area contributed by atoms with Crippen molar-refractivity contribution in [2.45, 2.75) is 14.9 Å². The topological polar surface area (TPSA) is 51.7 Å². The van der Waals surface area contributed by atoms with Gasteiger partial charge in [-0.2, -0.15) is 0 Å². The van der Waals surface area contributed by atoms with Crippen molar-refractivity contribution in [3.05, 3.63) is 0 Å². The molecule has 0 bridgehead atoms. The Labute approximate surface area is 104 Å². The Balaban J connectivity index is -0.00000000575. The van der Waals surface area contributed by atoms with Gasteiger partial charge in [0.25, 0.3) is 0 Å². The third kappa shape index (κ3) is 395. The molecule has 0 aliphatic carbocycles. The Bertz CT molecular complexity index is 26.2. The number of rotatable bonds is 0. The molecular weight excluding hydrogens is 313 g/mol. The van der Waals surface area contributed by atoms with Crippen LogP contribution in [-0.4, -0.2) is 24.1 Å². The summed E-state index contributed by atoms with van der Waals surface area (Å²) >= 11 is 3.31. The second-order valence-electron chi connectivity index (χ2n) is 0.152. The molecular formula is C4H18Cl5FeO2. The molecule has 0 aromatic carbocycles. The van der Waals surface area contributed by atoms with E-state index in [1.54, 1.807) is 0 Å². The van der Waals surface area contributed by atoms with Gasteiger partial charge in [-0.1, -0.05) is 14.9 Å². The summed E-state index contributed by atoms with van der Waals surface area (Å²) in [6.45, 7) is 0. The number of hydrogen-bond acceptors (Lipinski definition) is 1. The van der Waals surface area contributed by atoms with E-state index in [2.05, 4.69) is 11.6 Å². The zero-order chi connectivity index (χ0) is 7.58.